The van der Waals surface area contributed by atoms with Gasteiger partial charge in [-0.25, -0.2) is 0 Å². The summed E-state index contributed by atoms with van der Waals surface area (Å²) in [6, 6.07) is 3.92. The smallest absolute Gasteiger partial charge is 0.231 e. The second-order valence-electron chi connectivity index (χ2n) is 3.66. The van der Waals surface area contributed by atoms with Crippen LogP contribution < -0.4 is 9.47 Å². The zero-order chi connectivity index (χ0) is 10.3. The van der Waals surface area contributed by atoms with Crippen molar-refractivity contribution < 1.29 is 9.47 Å². The van der Waals surface area contributed by atoms with E-state index in [1.807, 2.05) is 23.0 Å². The van der Waals surface area contributed by atoms with Crippen LogP contribution in [0.15, 0.2) is 18.3 Å². The minimum absolute atomic E-state index is 0.316. The van der Waals surface area contributed by atoms with Crippen molar-refractivity contribution >= 4 is 10.9 Å². The Balaban J connectivity index is 2.12. The number of nitrogens with zero attached hydrogens (tertiary/aromatic N) is 2. The van der Waals surface area contributed by atoms with Gasteiger partial charge in [0.2, 0.25) is 6.79 Å². The second kappa shape index (κ2) is 3.15. The third-order valence-corrected chi connectivity index (χ3v) is 2.50. The van der Waals surface area contributed by atoms with Crippen molar-refractivity contribution in [2.45, 2.75) is 19.9 Å². The van der Waals surface area contributed by atoms with E-state index < -0.39 is 0 Å². The van der Waals surface area contributed by atoms with Crippen LogP contribution in [0.5, 0.6) is 11.5 Å². The lowest BCUT2D eigenvalue weighted by Crippen LogP contribution is -1.95. The Kier molecular flexibility index (Phi) is 1.80. The Morgan fingerprint density at radius 1 is 1.33 bits per heavy atom. The maximum Gasteiger partial charge on any atom is 0.231 e. The van der Waals surface area contributed by atoms with Crippen molar-refractivity contribution in [1.29, 1.82) is 0 Å². The zero-order valence-corrected chi connectivity index (χ0v) is 8.56. The summed E-state index contributed by atoms with van der Waals surface area (Å²) in [4.78, 5) is 0. The molecule has 4 nitrogen and oxygen atoms in total. The van der Waals surface area contributed by atoms with E-state index in [9.17, 15) is 0 Å². The van der Waals surface area contributed by atoms with Gasteiger partial charge in [0.1, 0.15) is 0 Å². The summed E-state index contributed by atoms with van der Waals surface area (Å²) in [5.41, 5.74) is 0.965. The van der Waals surface area contributed by atoms with Gasteiger partial charge in [-0.1, -0.05) is 6.92 Å². The lowest BCUT2D eigenvalue weighted by Gasteiger charge is -1.93. The average Bonchev–Trinajstić information content (AvgIpc) is 2.78. The van der Waals surface area contributed by atoms with E-state index in [0.29, 0.717) is 6.79 Å². The summed E-state index contributed by atoms with van der Waals surface area (Å²) < 4.78 is 12.6. The Labute approximate surface area is 87.4 Å². The fourth-order valence-corrected chi connectivity index (χ4v) is 1.81. The molecule has 1 aromatic heterocycles. The second-order valence-corrected chi connectivity index (χ2v) is 3.66. The molecule has 1 aliphatic heterocycles. The minimum atomic E-state index is 0.316. The van der Waals surface area contributed by atoms with Crippen molar-refractivity contribution in [2.24, 2.45) is 0 Å². The van der Waals surface area contributed by atoms with E-state index in [0.717, 1.165) is 35.4 Å². The Bertz CT molecular complexity index is 464. The lowest BCUT2D eigenvalue weighted by atomic mass is 10.2. The van der Waals surface area contributed by atoms with Gasteiger partial charge in [-0.15, -0.1) is 0 Å². The Hall–Kier alpha value is -1.71. The van der Waals surface area contributed by atoms with Crippen LogP contribution in [0, 0.1) is 0 Å². The first-order valence-corrected chi connectivity index (χ1v) is 5.13. The van der Waals surface area contributed by atoms with Gasteiger partial charge in [0.25, 0.3) is 0 Å². The van der Waals surface area contributed by atoms with E-state index in [1.54, 1.807) is 0 Å². The van der Waals surface area contributed by atoms with E-state index in [2.05, 4.69) is 12.0 Å². The molecule has 1 aliphatic rings. The van der Waals surface area contributed by atoms with Crippen LogP contribution in [0.2, 0.25) is 0 Å². The molecule has 2 aromatic rings. The van der Waals surface area contributed by atoms with Gasteiger partial charge in [0.15, 0.2) is 11.5 Å². The molecule has 4 heteroatoms. The maximum absolute atomic E-state index is 5.32. The van der Waals surface area contributed by atoms with Crippen LogP contribution in [-0.2, 0) is 6.54 Å². The molecular formula is C11H12N2O2. The highest BCUT2D eigenvalue weighted by Gasteiger charge is 2.15. The Morgan fingerprint density at radius 2 is 2.13 bits per heavy atom. The van der Waals surface area contributed by atoms with E-state index in [4.69, 9.17) is 9.47 Å². The predicted molar refractivity (Wildman–Crippen MR) is 56.1 cm³/mol. The molecular weight excluding hydrogens is 192 g/mol. The minimum Gasteiger partial charge on any atom is -0.454 e. The molecule has 0 N–H and O–H groups in total. The molecule has 0 atom stereocenters. The van der Waals surface area contributed by atoms with Crippen LogP contribution in [0.25, 0.3) is 10.9 Å². The molecule has 0 bridgehead atoms. The van der Waals surface area contributed by atoms with Crippen LogP contribution in [0.1, 0.15) is 13.3 Å². The third-order valence-electron chi connectivity index (χ3n) is 2.50. The number of hydrogen-bond acceptors (Lipinski definition) is 3. The molecule has 0 spiro atoms. The van der Waals surface area contributed by atoms with Crippen molar-refractivity contribution in [3.63, 3.8) is 0 Å². The summed E-state index contributed by atoms with van der Waals surface area (Å²) >= 11 is 0. The van der Waals surface area contributed by atoms with E-state index in [-0.39, 0.29) is 0 Å². The molecule has 3 rings (SSSR count). The number of ether oxygens (including phenoxy) is 2. The number of aryl methyl sites for hydroxylation is 1. The van der Waals surface area contributed by atoms with Crippen LogP contribution in [0.4, 0.5) is 0 Å². The predicted octanol–water partition coefficient (Wildman–Crippen LogP) is 2.17. The maximum atomic E-state index is 5.32. The molecule has 15 heavy (non-hydrogen) atoms. The summed E-state index contributed by atoms with van der Waals surface area (Å²) in [5, 5.41) is 5.57. The third kappa shape index (κ3) is 1.33. The highest BCUT2D eigenvalue weighted by atomic mass is 16.7. The number of benzene rings is 1. The van der Waals surface area contributed by atoms with Crippen molar-refractivity contribution in [3.8, 4) is 11.5 Å². The average molecular weight is 204 g/mol. The Morgan fingerprint density at radius 3 is 2.93 bits per heavy atom. The van der Waals surface area contributed by atoms with Gasteiger partial charge in [-0.2, -0.15) is 5.10 Å². The first-order valence-electron chi connectivity index (χ1n) is 5.13. The highest BCUT2D eigenvalue weighted by Crippen LogP contribution is 2.35. The summed E-state index contributed by atoms with van der Waals surface area (Å²) in [5.74, 6) is 1.61. The molecule has 0 radical (unpaired) electrons. The summed E-state index contributed by atoms with van der Waals surface area (Å²) in [6.07, 6.45) is 3.13. The van der Waals surface area contributed by atoms with Gasteiger partial charge >= 0.3 is 0 Å². The quantitative estimate of drug-likeness (QED) is 0.752. The largest absolute Gasteiger partial charge is 0.454 e. The van der Waals surface area contributed by atoms with E-state index >= 15 is 0 Å². The van der Waals surface area contributed by atoms with Gasteiger partial charge in [0.05, 0.1) is 5.52 Å². The SMILES string of the molecule is CCCn1cc2cc3c(cc2n1)OCO3. The number of rotatable bonds is 2. The lowest BCUT2D eigenvalue weighted by molar-refractivity contribution is 0.174. The van der Waals surface area contributed by atoms with Gasteiger partial charge in [-0.3, -0.25) is 4.68 Å². The van der Waals surface area contributed by atoms with E-state index in [1.165, 1.54) is 0 Å². The molecule has 0 saturated carbocycles. The standard InChI is InChI=1S/C11H12N2O2/c1-2-3-13-6-8-4-10-11(15-7-14-10)5-9(8)12-13/h4-6H,2-3,7H2,1H3. The number of hydrogen-bond donors (Lipinski definition) is 0. The number of fused-ring (bicyclic) bond motifs is 2. The van der Waals surface area contributed by atoms with Gasteiger partial charge < -0.3 is 9.47 Å². The zero-order valence-electron chi connectivity index (χ0n) is 8.56. The molecule has 0 saturated heterocycles. The van der Waals surface area contributed by atoms with Crippen LogP contribution >= 0.6 is 0 Å². The number of aromatic nitrogens is 2. The van der Waals surface area contributed by atoms with Crippen molar-refractivity contribution in [2.75, 3.05) is 6.79 Å². The van der Waals surface area contributed by atoms with Gasteiger partial charge in [-0.05, 0) is 12.5 Å². The van der Waals surface area contributed by atoms with Crippen molar-refractivity contribution in [1.82, 2.24) is 9.78 Å². The molecule has 0 fully saturated rings. The molecule has 0 unspecified atom stereocenters. The van der Waals surface area contributed by atoms with Crippen LogP contribution in [-0.4, -0.2) is 16.6 Å². The first kappa shape index (κ1) is 8.59. The molecule has 0 aliphatic carbocycles. The van der Waals surface area contributed by atoms with Crippen LogP contribution in [0.3, 0.4) is 0 Å². The molecule has 78 valence electrons. The fourth-order valence-electron chi connectivity index (χ4n) is 1.81. The summed E-state index contributed by atoms with van der Waals surface area (Å²) in [6.45, 7) is 3.40. The molecule has 1 aromatic carbocycles. The molecule has 2 heterocycles. The fraction of sp³-hybridized carbons (Fsp3) is 0.364. The normalized spacial score (nSPS) is 13.7. The first-order chi connectivity index (χ1) is 7.36. The topological polar surface area (TPSA) is 36.3 Å². The molecule has 0 amide bonds. The van der Waals surface area contributed by atoms with Gasteiger partial charge in [0, 0.05) is 24.2 Å². The highest BCUT2D eigenvalue weighted by molar-refractivity contribution is 5.82. The monoisotopic (exact) mass is 204 g/mol. The summed E-state index contributed by atoms with van der Waals surface area (Å²) in [7, 11) is 0. The van der Waals surface area contributed by atoms with Crippen molar-refractivity contribution in [3.05, 3.63) is 18.3 Å².